The van der Waals surface area contributed by atoms with Crippen molar-refractivity contribution in [2.75, 3.05) is 32.1 Å². The van der Waals surface area contributed by atoms with Crippen molar-refractivity contribution >= 4 is 15.7 Å². The molecule has 20 heavy (non-hydrogen) atoms. The highest BCUT2D eigenvalue weighted by Gasteiger charge is 2.32. The highest BCUT2D eigenvalue weighted by atomic mass is 32.2. The van der Waals surface area contributed by atoms with E-state index in [9.17, 15) is 8.42 Å². The number of rotatable bonds is 3. The predicted molar refractivity (Wildman–Crippen MR) is 77.4 cm³/mol. The third kappa shape index (κ3) is 2.32. The molecule has 0 spiro atoms. The molecule has 2 heterocycles. The van der Waals surface area contributed by atoms with E-state index in [1.165, 1.54) is 4.31 Å². The van der Waals surface area contributed by atoms with E-state index < -0.39 is 10.0 Å². The van der Waals surface area contributed by atoms with E-state index in [0.717, 1.165) is 37.1 Å². The van der Waals surface area contributed by atoms with Gasteiger partial charge in [-0.15, -0.1) is 0 Å². The highest BCUT2D eigenvalue weighted by molar-refractivity contribution is 7.89. The van der Waals surface area contributed by atoms with Crippen LogP contribution in [0.1, 0.15) is 18.4 Å². The Morgan fingerprint density at radius 2 is 2.25 bits per heavy atom. The summed E-state index contributed by atoms with van der Waals surface area (Å²) in [5, 5.41) is 3.28. The Balaban J connectivity index is 1.98. The lowest BCUT2D eigenvalue weighted by Crippen LogP contribution is -2.38. The van der Waals surface area contributed by atoms with Gasteiger partial charge >= 0.3 is 0 Å². The van der Waals surface area contributed by atoms with E-state index in [0.29, 0.717) is 18.1 Å². The fourth-order valence-electron chi connectivity index (χ4n) is 2.88. The molecule has 2 aliphatic rings. The van der Waals surface area contributed by atoms with Gasteiger partial charge in [-0.3, -0.25) is 0 Å². The van der Waals surface area contributed by atoms with Gasteiger partial charge in [0.1, 0.15) is 0 Å². The molecule has 3 rings (SSSR count). The summed E-state index contributed by atoms with van der Waals surface area (Å²) in [4.78, 5) is 0.441. The van der Waals surface area contributed by atoms with Crippen LogP contribution in [0.5, 0.6) is 0 Å². The Morgan fingerprint density at radius 1 is 1.40 bits per heavy atom. The van der Waals surface area contributed by atoms with Gasteiger partial charge in [0.15, 0.2) is 0 Å². The van der Waals surface area contributed by atoms with Crippen LogP contribution in [0.3, 0.4) is 0 Å². The molecule has 1 saturated heterocycles. The number of hydrogen-bond acceptors (Lipinski definition) is 4. The number of nitrogens with one attached hydrogen (secondary N) is 1. The quantitative estimate of drug-likeness (QED) is 0.917. The van der Waals surface area contributed by atoms with Crippen molar-refractivity contribution in [3.63, 3.8) is 0 Å². The molecule has 0 bridgehead atoms. The number of anilines is 1. The van der Waals surface area contributed by atoms with Crippen molar-refractivity contribution in [2.24, 2.45) is 0 Å². The van der Waals surface area contributed by atoms with Crippen LogP contribution in [-0.4, -0.2) is 45.6 Å². The van der Waals surface area contributed by atoms with Crippen LogP contribution in [0.2, 0.25) is 0 Å². The summed E-state index contributed by atoms with van der Waals surface area (Å²) in [5.74, 6) is 0. The smallest absolute Gasteiger partial charge is 0.243 e. The summed E-state index contributed by atoms with van der Waals surface area (Å²) in [7, 11) is -1.79. The Kier molecular flexibility index (Phi) is 3.70. The van der Waals surface area contributed by atoms with Gasteiger partial charge in [0.05, 0.1) is 17.5 Å². The summed E-state index contributed by atoms with van der Waals surface area (Å²) in [6, 6.07) is 5.43. The molecule has 1 aromatic carbocycles. The Morgan fingerprint density at radius 3 is 3.00 bits per heavy atom. The fourth-order valence-corrected chi connectivity index (χ4v) is 4.52. The maximum Gasteiger partial charge on any atom is 0.243 e. The van der Waals surface area contributed by atoms with Crippen molar-refractivity contribution in [3.8, 4) is 0 Å². The average molecular weight is 296 g/mol. The molecule has 110 valence electrons. The minimum atomic E-state index is -3.45. The topological polar surface area (TPSA) is 58.6 Å². The number of fused-ring (bicyclic) bond motifs is 1. The van der Waals surface area contributed by atoms with Gasteiger partial charge in [0.25, 0.3) is 0 Å². The molecule has 0 saturated carbocycles. The molecular formula is C14H20N2O3S. The second-order valence-electron chi connectivity index (χ2n) is 5.35. The first-order valence-electron chi connectivity index (χ1n) is 7.02. The van der Waals surface area contributed by atoms with Gasteiger partial charge in [-0.2, -0.15) is 4.31 Å². The highest BCUT2D eigenvalue weighted by Crippen LogP contribution is 2.31. The number of benzene rings is 1. The molecule has 1 fully saturated rings. The Bertz CT molecular complexity index is 594. The van der Waals surface area contributed by atoms with Crippen LogP contribution in [0.4, 0.5) is 5.69 Å². The van der Waals surface area contributed by atoms with E-state index in [-0.39, 0.29) is 6.04 Å². The van der Waals surface area contributed by atoms with Crippen LogP contribution in [0.25, 0.3) is 0 Å². The lowest BCUT2D eigenvalue weighted by Gasteiger charge is -2.26. The molecule has 5 nitrogen and oxygen atoms in total. The first-order valence-corrected chi connectivity index (χ1v) is 8.46. The monoisotopic (exact) mass is 296 g/mol. The lowest BCUT2D eigenvalue weighted by molar-refractivity contribution is 0.181. The zero-order valence-electron chi connectivity index (χ0n) is 11.6. The van der Waals surface area contributed by atoms with Gasteiger partial charge in [-0.1, -0.05) is 6.07 Å². The van der Waals surface area contributed by atoms with Crippen LogP contribution in [0, 0.1) is 0 Å². The second-order valence-corrected chi connectivity index (χ2v) is 7.32. The first kappa shape index (κ1) is 13.9. The number of sulfonamides is 1. The standard InChI is InChI=1S/C14H20N2O3S/c1-16(11-7-9-19-10-11)20(17,18)14-6-2-5-13-12(14)4-3-8-15-13/h2,5-6,11,15H,3-4,7-10H2,1H3. The SMILES string of the molecule is CN(C1CCOC1)S(=O)(=O)c1cccc2c1CCCN2. The lowest BCUT2D eigenvalue weighted by atomic mass is 10.0. The zero-order chi connectivity index (χ0) is 14.2. The first-order chi connectivity index (χ1) is 9.60. The van der Waals surface area contributed by atoms with Crippen molar-refractivity contribution in [1.29, 1.82) is 0 Å². The normalized spacial score (nSPS) is 22.6. The largest absolute Gasteiger partial charge is 0.385 e. The maximum absolute atomic E-state index is 12.8. The summed E-state index contributed by atoms with van der Waals surface area (Å²) in [6.45, 7) is 2.03. The van der Waals surface area contributed by atoms with Gasteiger partial charge in [0.2, 0.25) is 10.0 Å². The average Bonchev–Trinajstić information content (AvgIpc) is 2.99. The van der Waals surface area contributed by atoms with Crippen LogP contribution in [0.15, 0.2) is 23.1 Å². The van der Waals surface area contributed by atoms with Gasteiger partial charge in [-0.25, -0.2) is 8.42 Å². The van der Waals surface area contributed by atoms with Gasteiger partial charge in [0, 0.05) is 25.9 Å². The van der Waals surface area contributed by atoms with E-state index in [2.05, 4.69) is 5.32 Å². The molecule has 0 aromatic heterocycles. The maximum atomic E-state index is 12.8. The number of ether oxygens (including phenoxy) is 1. The second kappa shape index (κ2) is 5.35. The van der Waals surface area contributed by atoms with Crippen LogP contribution >= 0.6 is 0 Å². The summed E-state index contributed by atoms with van der Waals surface area (Å²) < 4.78 is 32.4. The zero-order valence-corrected chi connectivity index (χ0v) is 12.4. The molecule has 0 amide bonds. The van der Waals surface area contributed by atoms with E-state index in [1.807, 2.05) is 12.1 Å². The number of nitrogens with zero attached hydrogens (tertiary/aromatic N) is 1. The van der Waals surface area contributed by atoms with Crippen molar-refractivity contribution in [1.82, 2.24) is 4.31 Å². The Labute approximate surface area is 120 Å². The van der Waals surface area contributed by atoms with E-state index >= 15 is 0 Å². The third-order valence-electron chi connectivity index (χ3n) is 4.13. The molecule has 1 aromatic rings. The molecule has 2 aliphatic heterocycles. The molecule has 1 unspecified atom stereocenters. The Hall–Kier alpha value is -1.11. The number of likely N-dealkylation sites (N-methyl/N-ethyl adjacent to an activating group) is 1. The molecule has 1 N–H and O–H groups in total. The van der Waals surface area contributed by atoms with Crippen LogP contribution < -0.4 is 5.32 Å². The number of hydrogen-bond donors (Lipinski definition) is 1. The molecular weight excluding hydrogens is 276 g/mol. The summed E-state index contributed by atoms with van der Waals surface area (Å²) in [5.41, 5.74) is 1.87. The summed E-state index contributed by atoms with van der Waals surface area (Å²) >= 11 is 0. The van der Waals surface area contributed by atoms with Crippen molar-refractivity contribution in [2.45, 2.75) is 30.2 Å². The molecule has 1 atom stereocenters. The third-order valence-corrected chi connectivity index (χ3v) is 6.12. The van der Waals surface area contributed by atoms with Gasteiger partial charge < -0.3 is 10.1 Å². The molecule has 0 aliphatic carbocycles. The van der Waals surface area contributed by atoms with E-state index in [4.69, 9.17) is 4.74 Å². The summed E-state index contributed by atoms with van der Waals surface area (Å²) in [6.07, 6.45) is 2.55. The van der Waals surface area contributed by atoms with Crippen molar-refractivity contribution in [3.05, 3.63) is 23.8 Å². The molecule has 6 heteroatoms. The van der Waals surface area contributed by atoms with Gasteiger partial charge in [-0.05, 0) is 37.0 Å². The van der Waals surface area contributed by atoms with Crippen molar-refractivity contribution < 1.29 is 13.2 Å². The van der Waals surface area contributed by atoms with Crippen LogP contribution in [-0.2, 0) is 21.2 Å². The predicted octanol–water partition coefficient (Wildman–Crippen LogP) is 1.45. The minimum absolute atomic E-state index is 0.0487. The minimum Gasteiger partial charge on any atom is -0.385 e. The fraction of sp³-hybridized carbons (Fsp3) is 0.571. The van der Waals surface area contributed by atoms with E-state index in [1.54, 1.807) is 13.1 Å². The molecule has 0 radical (unpaired) electrons.